The van der Waals surface area contributed by atoms with Gasteiger partial charge >= 0.3 is 0 Å². The fourth-order valence-corrected chi connectivity index (χ4v) is 1.19. The number of aromatic nitrogens is 2. The van der Waals surface area contributed by atoms with E-state index in [9.17, 15) is 4.79 Å². The van der Waals surface area contributed by atoms with Crippen LogP contribution in [0.5, 0.6) is 0 Å². The SMILES string of the molecule is CCOC(CC)C(=O)c1cncnc1. The van der Waals surface area contributed by atoms with Crippen LogP contribution in [0.3, 0.4) is 0 Å². The van der Waals surface area contributed by atoms with E-state index in [1.807, 2.05) is 13.8 Å². The molecule has 14 heavy (non-hydrogen) atoms. The molecular weight excluding hydrogens is 180 g/mol. The summed E-state index contributed by atoms with van der Waals surface area (Å²) in [4.78, 5) is 19.4. The monoisotopic (exact) mass is 194 g/mol. The number of hydrogen-bond donors (Lipinski definition) is 0. The van der Waals surface area contributed by atoms with E-state index >= 15 is 0 Å². The van der Waals surface area contributed by atoms with E-state index in [4.69, 9.17) is 4.74 Å². The van der Waals surface area contributed by atoms with Gasteiger partial charge in [0.1, 0.15) is 12.4 Å². The maximum atomic E-state index is 11.8. The highest BCUT2D eigenvalue weighted by Gasteiger charge is 2.18. The molecule has 4 nitrogen and oxygen atoms in total. The summed E-state index contributed by atoms with van der Waals surface area (Å²) in [6.07, 6.45) is 4.72. The highest BCUT2D eigenvalue weighted by atomic mass is 16.5. The van der Waals surface area contributed by atoms with E-state index in [0.29, 0.717) is 18.6 Å². The fourth-order valence-electron chi connectivity index (χ4n) is 1.19. The molecule has 1 aromatic rings. The Bertz CT molecular complexity index is 287. The van der Waals surface area contributed by atoms with Gasteiger partial charge in [0.25, 0.3) is 0 Å². The number of hydrogen-bond acceptors (Lipinski definition) is 4. The summed E-state index contributed by atoms with van der Waals surface area (Å²) in [5, 5.41) is 0. The highest BCUT2D eigenvalue weighted by Crippen LogP contribution is 2.07. The largest absolute Gasteiger partial charge is 0.370 e. The Morgan fingerprint density at radius 1 is 1.43 bits per heavy atom. The molecule has 1 rings (SSSR count). The molecule has 1 aromatic heterocycles. The lowest BCUT2D eigenvalue weighted by Crippen LogP contribution is -2.23. The third kappa shape index (κ3) is 2.60. The Kier molecular flexibility index (Phi) is 4.19. The minimum absolute atomic E-state index is 0.0463. The third-order valence-corrected chi connectivity index (χ3v) is 1.88. The first-order valence-corrected chi connectivity index (χ1v) is 4.70. The van der Waals surface area contributed by atoms with Crippen LogP contribution in [0, 0.1) is 0 Å². The summed E-state index contributed by atoms with van der Waals surface area (Å²) < 4.78 is 5.30. The molecule has 0 aliphatic rings. The molecule has 1 atom stereocenters. The molecular formula is C10H14N2O2. The molecule has 0 saturated heterocycles. The molecule has 1 heterocycles. The van der Waals surface area contributed by atoms with Gasteiger partial charge in [-0.3, -0.25) is 4.79 Å². The van der Waals surface area contributed by atoms with Gasteiger partial charge in [-0.25, -0.2) is 9.97 Å². The van der Waals surface area contributed by atoms with Crippen molar-refractivity contribution in [2.45, 2.75) is 26.4 Å². The average molecular weight is 194 g/mol. The van der Waals surface area contributed by atoms with Crippen molar-refractivity contribution < 1.29 is 9.53 Å². The minimum atomic E-state index is -0.369. The van der Waals surface area contributed by atoms with E-state index in [0.717, 1.165) is 0 Å². The van der Waals surface area contributed by atoms with Crippen molar-refractivity contribution in [1.82, 2.24) is 9.97 Å². The van der Waals surface area contributed by atoms with Crippen LogP contribution < -0.4 is 0 Å². The number of nitrogens with zero attached hydrogens (tertiary/aromatic N) is 2. The summed E-state index contributed by atoms with van der Waals surface area (Å²) in [6.45, 7) is 4.33. The zero-order valence-electron chi connectivity index (χ0n) is 8.43. The second-order valence-electron chi connectivity index (χ2n) is 2.84. The predicted octanol–water partition coefficient (Wildman–Crippen LogP) is 1.47. The number of carbonyl (C=O) groups is 1. The lowest BCUT2D eigenvalue weighted by molar-refractivity contribution is 0.0443. The van der Waals surface area contributed by atoms with Gasteiger partial charge in [0.15, 0.2) is 5.78 Å². The average Bonchev–Trinajstić information content (AvgIpc) is 2.26. The second-order valence-corrected chi connectivity index (χ2v) is 2.84. The predicted molar refractivity (Wildman–Crippen MR) is 52.1 cm³/mol. The van der Waals surface area contributed by atoms with E-state index in [1.54, 1.807) is 0 Å². The number of Topliss-reactive ketones (excluding diaryl/α,β-unsaturated/α-hetero) is 1. The van der Waals surface area contributed by atoms with Gasteiger partial charge in [-0.2, -0.15) is 0 Å². The van der Waals surface area contributed by atoms with E-state index < -0.39 is 0 Å². The van der Waals surface area contributed by atoms with Crippen molar-refractivity contribution >= 4 is 5.78 Å². The lowest BCUT2D eigenvalue weighted by Gasteiger charge is -2.12. The van der Waals surface area contributed by atoms with Crippen molar-refractivity contribution in [2.24, 2.45) is 0 Å². The molecule has 0 bridgehead atoms. The summed E-state index contributed by atoms with van der Waals surface area (Å²) >= 11 is 0. The molecule has 0 fully saturated rings. The van der Waals surface area contributed by atoms with Gasteiger partial charge in [0.05, 0.1) is 5.56 Å². The van der Waals surface area contributed by atoms with Crippen molar-refractivity contribution in [3.05, 3.63) is 24.3 Å². The van der Waals surface area contributed by atoms with Crippen LogP contribution in [0.15, 0.2) is 18.7 Å². The number of carbonyl (C=O) groups excluding carboxylic acids is 1. The van der Waals surface area contributed by atoms with Gasteiger partial charge in [0.2, 0.25) is 0 Å². The van der Waals surface area contributed by atoms with Crippen molar-refractivity contribution in [3.63, 3.8) is 0 Å². The van der Waals surface area contributed by atoms with Crippen molar-refractivity contribution in [3.8, 4) is 0 Å². The summed E-state index contributed by atoms with van der Waals surface area (Å²) in [6, 6.07) is 0. The van der Waals surface area contributed by atoms with Crippen LogP contribution in [0.2, 0.25) is 0 Å². The molecule has 4 heteroatoms. The van der Waals surface area contributed by atoms with Crippen LogP contribution in [0.25, 0.3) is 0 Å². The first-order chi connectivity index (χ1) is 6.79. The topological polar surface area (TPSA) is 52.1 Å². The Balaban J connectivity index is 2.73. The molecule has 0 saturated carbocycles. The van der Waals surface area contributed by atoms with Gasteiger partial charge in [-0.1, -0.05) is 6.92 Å². The Labute approximate surface area is 83.3 Å². The third-order valence-electron chi connectivity index (χ3n) is 1.88. The summed E-state index contributed by atoms with van der Waals surface area (Å²) in [7, 11) is 0. The standard InChI is InChI=1S/C10H14N2O2/c1-3-9(14-4-2)10(13)8-5-11-7-12-6-8/h5-7,9H,3-4H2,1-2H3. The quantitative estimate of drug-likeness (QED) is 0.666. The second kappa shape index (κ2) is 5.44. The van der Waals surface area contributed by atoms with Crippen LogP contribution in [0.1, 0.15) is 30.6 Å². The Hall–Kier alpha value is -1.29. The zero-order chi connectivity index (χ0) is 10.4. The molecule has 0 N–H and O–H groups in total. The van der Waals surface area contributed by atoms with Crippen molar-refractivity contribution in [1.29, 1.82) is 0 Å². The Morgan fingerprint density at radius 3 is 2.57 bits per heavy atom. The smallest absolute Gasteiger partial charge is 0.194 e. The highest BCUT2D eigenvalue weighted by molar-refractivity contribution is 5.98. The molecule has 0 aromatic carbocycles. The van der Waals surface area contributed by atoms with E-state index in [-0.39, 0.29) is 11.9 Å². The van der Waals surface area contributed by atoms with Crippen molar-refractivity contribution in [2.75, 3.05) is 6.61 Å². The van der Waals surface area contributed by atoms with E-state index in [1.165, 1.54) is 18.7 Å². The number of ether oxygens (including phenoxy) is 1. The van der Waals surface area contributed by atoms with Gasteiger partial charge in [0, 0.05) is 19.0 Å². The maximum Gasteiger partial charge on any atom is 0.194 e. The van der Waals surface area contributed by atoms with Crippen LogP contribution in [0.4, 0.5) is 0 Å². The molecule has 1 unspecified atom stereocenters. The van der Waals surface area contributed by atoms with Crippen LogP contribution in [-0.4, -0.2) is 28.5 Å². The zero-order valence-corrected chi connectivity index (χ0v) is 8.43. The molecule has 0 amide bonds. The minimum Gasteiger partial charge on any atom is -0.370 e. The molecule has 0 radical (unpaired) electrons. The summed E-state index contributed by atoms with van der Waals surface area (Å²) in [5.74, 6) is -0.0463. The number of rotatable bonds is 5. The Morgan fingerprint density at radius 2 is 2.07 bits per heavy atom. The maximum absolute atomic E-state index is 11.8. The fraction of sp³-hybridized carbons (Fsp3) is 0.500. The van der Waals surface area contributed by atoms with Gasteiger partial charge in [-0.15, -0.1) is 0 Å². The molecule has 0 spiro atoms. The first kappa shape index (κ1) is 10.8. The van der Waals surface area contributed by atoms with Crippen LogP contribution in [-0.2, 0) is 4.74 Å². The van der Waals surface area contributed by atoms with Gasteiger partial charge in [-0.05, 0) is 13.3 Å². The molecule has 0 aliphatic heterocycles. The molecule has 0 aliphatic carbocycles. The molecule has 76 valence electrons. The van der Waals surface area contributed by atoms with E-state index in [2.05, 4.69) is 9.97 Å². The van der Waals surface area contributed by atoms with Gasteiger partial charge < -0.3 is 4.74 Å². The summed E-state index contributed by atoms with van der Waals surface area (Å²) in [5.41, 5.74) is 0.507. The first-order valence-electron chi connectivity index (χ1n) is 4.70. The van der Waals surface area contributed by atoms with Crippen LogP contribution >= 0.6 is 0 Å². The number of ketones is 1. The normalized spacial score (nSPS) is 12.4. The lowest BCUT2D eigenvalue weighted by atomic mass is 10.1.